The Kier molecular flexibility index (Phi) is 8.11. The van der Waals surface area contributed by atoms with Crippen LogP contribution in [0, 0.1) is 13.8 Å². The maximum Gasteiger partial charge on any atom is 0.260 e. The van der Waals surface area contributed by atoms with Gasteiger partial charge in [0.15, 0.2) is 18.1 Å². The van der Waals surface area contributed by atoms with E-state index in [1.807, 2.05) is 56.0 Å². The number of aromatic nitrogens is 3. The number of piperidine rings is 1. The molecule has 0 spiro atoms. The molecule has 1 saturated heterocycles. The van der Waals surface area contributed by atoms with Crippen molar-refractivity contribution in [3.05, 3.63) is 69.1 Å². The van der Waals surface area contributed by atoms with Gasteiger partial charge in [0.1, 0.15) is 12.4 Å². The van der Waals surface area contributed by atoms with E-state index in [-0.39, 0.29) is 18.4 Å². The molecule has 1 atom stereocenters. The number of ether oxygens (including phenoxy) is 2. The van der Waals surface area contributed by atoms with Gasteiger partial charge in [0.05, 0.1) is 17.2 Å². The minimum absolute atomic E-state index is 0.0488. The number of likely N-dealkylation sites (tertiary alicyclic amines) is 1. The first-order valence-corrected chi connectivity index (χ1v) is 14.1. The van der Waals surface area contributed by atoms with Crippen LogP contribution in [-0.2, 0) is 9.59 Å². The van der Waals surface area contributed by atoms with Crippen LogP contribution in [0.4, 0.5) is 11.6 Å². The normalized spacial score (nSPS) is 16.7. The maximum atomic E-state index is 13.8. The van der Waals surface area contributed by atoms with Crippen LogP contribution in [0.25, 0.3) is 0 Å². The SMILES string of the molecule is COc1cc(C2C(C(=O)Nc3cccc(C)c3C)=C(C)Nc3ncnn32)cc(Br)c1OCC(=O)N1CCCCC1. The molecule has 1 unspecified atom stereocenters. The number of halogens is 1. The van der Waals surface area contributed by atoms with E-state index in [2.05, 4.69) is 36.6 Å². The number of rotatable bonds is 7. The van der Waals surface area contributed by atoms with Gasteiger partial charge >= 0.3 is 0 Å². The third kappa shape index (κ3) is 5.42. The van der Waals surface area contributed by atoms with Crippen molar-refractivity contribution in [2.45, 2.75) is 46.1 Å². The van der Waals surface area contributed by atoms with E-state index < -0.39 is 6.04 Å². The third-order valence-electron chi connectivity index (χ3n) is 7.51. The van der Waals surface area contributed by atoms with E-state index in [0.717, 1.165) is 54.7 Å². The molecule has 2 aromatic carbocycles. The van der Waals surface area contributed by atoms with Crippen molar-refractivity contribution in [1.29, 1.82) is 0 Å². The second-order valence-electron chi connectivity index (χ2n) is 10.1. The molecule has 2 aliphatic rings. The Bertz CT molecular complexity index is 1480. The summed E-state index contributed by atoms with van der Waals surface area (Å²) in [5, 5.41) is 10.7. The summed E-state index contributed by atoms with van der Waals surface area (Å²) in [6.07, 6.45) is 4.62. The van der Waals surface area contributed by atoms with Gasteiger partial charge in [0.2, 0.25) is 5.95 Å². The molecule has 0 radical (unpaired) electrons. The summed E-state index contributed by atoms with van der Waals surface area (Å²) in [6, 6.07) is 8.89. The van der Waals surface area contributed by atoms with E-state index in [1.54, 1.807) is 11.8 Å². The molecule has 1 aromatic heterocycles. The number of allylic oxidation sites excluding steroid dienone is 1. The van der Waals surface area contributed by atoms with E-state index in [0.29, 0.717) is 33.2 Å². The zero-order chi connectivity index (χ0) is 28.4. The Balaban J connectivity index is 1.47. The van der Waals surface area contributed by atoms with Crippen LogP contribution in [-0.4, -0.2) is 58.3 Å². The van der Waals surface area contributed by atoms with Gasteiger partial charge < -0.3 is 25.0 Å². The summed E-state index contributed by atoms with van der Waals surface area (Å²) in [5.41, 5.74) is 4.72. The van der Waals surface area contributed by atoms with Crippen molar-refractivity contribution in [2.75, 3.05) is 37.4 Å². The van der Waals surface area contributed by atoms with Gasteiger partial charge in [-0.2, -0.15) is 10.1 Å². The number of hydrogen-bond donors (Lipinski definition) is 2. The molecule has 0 saturated carbocycles. The lowest BCUT2D eigenvalue weighted by atomic mass is 9.94. The molecule has 2 N–H and O–H groups in total. The molecule has 0 aliphatic carbocycles. The average Bonchev–Trinajstić information content (AvgIpc) is 3.42. The van der Waals surface area contributed by atoms with Gasteiger partial charge in [-0.25, -0.2) is 4.68 Å². The van der Waals surface area contributed by atoms with E-state index in [1.165, 1.54) is 6.33 Å². The summed E-state index contributed by atoms with van der Waals surface area (Å²) in [5.74, 6) is 1.07. The van der Waals surface area contributed by atoms with Gasteiger partial charge in [-0.1, -0.05) is 12.1 Å². The van der Waals surface area contributed by atoms with Crippen LogP contribution in [0.15, 0.2) is 52.4 Å². The Morgan fingerprint density at radius 1 is 1.15 bits per heavy atom. The van der Waals surface area contributed by atoms with Crippen LogP contribution in [0.2, 0.25) is 0 Å². The van der Waals surface area contributed by atoms with E-state index in [9.17, 15) is 9.59 Å². The molecule has 1 fully saturated rings. The highest BCUT2D eigenvalue weighted by Crippen LogP contribution is 2.43. The lowest BCUT2D eigenvalue weighted by Gasteiger charge is -2.29. The number of nitrogens with zero attached hydrogens (tertiary/aromatic N) is 4. The number of benzene rings is 2. The number of amides is 2. The lowest BCUT2D eigenvalue weighted by Crippen LogP contribution is -2.38. The summed E-state index contributed by atoms with van der Waals surface area (Å²) < 4.78 is 13.9. The summed E-state index contributed by atoms with van der Waals surface area (Å²) in [4.78, 5) is 32.7. The average molecular weight is 610 g/mol. The molecule has 0 bridgehead atoms. The Hall–Kier alpha value is -3.86. The van der Waals surface area contributed by atoms with Crippen molar-refractivity contribution in [1.82, 2.24) is 19.7 Å². The largest absolute Gasteiger partial charge is 0.493 e. The third-order valence-corrected chi connectivity index (χ3v) is 8.10. The second-order valence-corrected chi connectivity index (χ2v) is 10.9. The fourth-order valence-electron chi connectivity index (χ4n) is 5.18. The number of fused-ring (bicyclic) bond motifs is 1. The summed E-state index contributed by atoms with van der Waals surface area (Å²) >= 11 is 3.62. The number of anilines is 2. The van der Waals surface area contributed by atoms with Crippen LogP contribution in [0.3, 0.4) is 0 Å². The zero-order valence-corrected chi connectivity index (χ0v) is 24.7. The number of nitrogens with one attached hydrogen (secondary N) is 2. The van der Waals surface area contributed by atoms with Gasteiger partial charge in [0.25, 0.3) is 11.8 Å². The van der Waals surface area contributed by atoms with Gasteiger partial charge in [-0.15, -0.1) is 0 Å². The van der Waals surface area contributed by atoms with Crippen molar-refractivity contribution in [3.8, 4) is 11.5 Å². The van der Waals surface area contributed by atoms with Gasteiger partial charge in [0, 0.05) is 24.5 Å². The predicted molar refractivity (Wildman–Crippen MR) is 156 cm³/mol. The zero-order valence-electron chi connectivity index (χ0n) is 23.1. The molecular weight excluding hydrogens is 576 g/mol. The fourth-order valence-corrected chi connectivity index (χ4v) is 5.75. The predicted octanol–water partition coefficient (Wildman–Crippen LogP) is 4.98. The second kappa shape index (κ2) is 11.7. The van der Waals surface area contributed by atoms with E-state index >= 15 is 0 Å². The molecular formula is C29H33BrN6O4. The van der Waals surface area contributed by atoms with Crippen molar-refractivity contribution in [3.63, 3.8) is 0 Å². The standard InChI is InChI=1S/C29H33BrN6O4/c1-17-9-8-10-22(18(17)2)34-28(38)25-19(3)33-29-31-16-32-36(29)26(25)20-13-21(30)27(23(14-20)39-4)40-15-24(37)35-11-6-5-7-12-35/h8-10,13-14,16,26H,5-7,11-12,15H2,1-4H3,(H,34,38)(H,31,32,33). The number of carbonyl (C=O) groups excluding carboxylic acids is 2. The van der Waals surface area contributed by atoms with Crippen LogP contribution in [0.1, 0.15) is 48.9 Å². The van der Waals surface area contributed by atoms with Crippen LogP contribution >= 0.6 is 15.9 Å². The molecule has 2 aliphatic heterocycles. The highest BCUT2D eigenvalue weighted by Gasteiger charge is 2.35. The van der Waals surface area contributed by atoms with Crippen molar-refractivity contribution in [2.24, 2.45) is 0 Å². The van der Waals surface area contributed by atoms with Gasteiger partial charge in [-0.3, -0.25) is 9.59 Å². The number of aryl methyl sites for hydroxylation is 1. The van der Waals surface area contributed by atoms with Crippen molar-refractivity contribution < 1.29 is 19.1 Å². The molecule has 5 rings (SSSR count). The highest BCUT2D eigenvalue weighted by atomic mass is 79.9. The van der Waals surface area contributed by atoms with Crippen LogP contribution < -0.4 is 20.1 Å². The quantitative estimate of drug-likeness (QED) is 0.389. The molecule has 10 nitrogen and oxygen atoms in total. The first-order valence-electron chi connectivity index (χ1n) is 13.3. The number of hydrogen-bond acceptors (Lipinski definition) is 7. The minimum Gasteiger partial charge on any atom is -0.493 e. The minimum atomic E-state index is -0.599. The van der Waals surface area contributed by atoms with Crippen LogP contribution in [0.5, 0.6) is 11.5 Å². The molecule has 210 valence electrons. The molecule has 3 aromatic rings. The number of carbonyl (C=O) groups is 2. The highest BCUT2D eigenvalue weighted by molar-refractivity contribution is 9.10. The first kappa shape index (κ1) is 27.7. The number of methoxy groups -OCH3 is 1. The Morgan fingerprint density at radius 3 is 2.67 bits per heavy atom. The smallest absolute Gasteiger partial charge is 0.260 e. The molecule has 11 heteroatoms. The van der Waals surface area contributed by atoms with Gasteiger partial charge in [-0.05, 0) is 90.9 Å². The first-order chi connectivity index (χ1) is 19.3. The molecule has 2 amide bonds. The Morgan fingerprint density at radius 2 is 1.93 bits per heavy atom. The summed E-state index contributed by atoms with van der Waals surface area (Å²) in [6.45, 7) is 7.27. The fraction of sp³-hybridized carbons (Fsp3) is 0.379. The van der Waals surface area contributed by atoms with Crippen molar-refractivity contribution >= 4 is 39.4 Å². The topological polar surface area (TPSA) is 111 Å². The molecule has 40 heavy (non-hydrogen) atoms. The molecule has 3 heterocycles. The van der Waals surface area contributed by atoms with E-state index in [4.69, 9.17) is 9.47 Å². The summed E-state index contributed by atoms with van der Waals surface area (Å²) in [7, 11) is 1.55. The lowest BCUT2D eigenvalue weighted by molar-refractivity contribution is -0.134. The maximum absolute atomic E-state index is 13.8. The monoisotopic (exact) mass is 608 g/mol. The Labute approximate surface area is 241 Å².